The van der Waals surface area contributed by atoms with Crippen molar-refractivity contribution in [3.63, 3.8) is 0 Å². The fraction of sp³-hybridized carbons (Fsp3) is 0.412. The SMILES string of the molecule is CNC1CCN(C(=O)c2cnn(-c3ccc(F)cc3)c2C)CC1. The Morgan fingerprint density at radius 2 is 1.91 bits per heavy atom. The molecule has 0 atom stereocenters. The molecule has 0 spiro atoms. The Kier molecular flexibility index (Phi) is 4.43. The van der Waals surface area contributed by atoms with Crippen molar-refractivity contribution >= 4 is 5.91 Å². The van der Waals surface area contributed by atoms with Gasteiger partial charge in [0.2, 0.25) is 0 Å². The van der Waals surface area contributed by atoms with Gasteiger partial charge in [-0.05, 0) is 51.1 Å². The molecule has 23 heavy (non-hydrogen) atoms. The molecule has 1 fully saturated rings. The average molecular weight is 316 g/mol. The van der Waals surface area contributed by atoms with Crippen LogP contribution >= 0.6 is 0 Å². The first-order valence-electron chi connectivity index (χ1n) is 7.87. The minimum absolute atomic E-state index is 0.0189. The van der Waals surface area contributed by atoms with Gasteiger partial charge >= 0.3 is 0 Å². The number of hydrogen-bond donors (Lipinski definition) is 1. The Labute approximate surface area is 135 Å². The van der Waals surface area contributed by atoms with Crippen molar-refractivity contribution < 1.29 is 9.18 Å². The fourth-order valence-electron chi connectivity index (χ4n) is 3.00. The van der Waals surface area contributed by atoms with Gasteiger partial charge in [-0.3, -0.25) is 4.79 Å². The third-order valence-electron chi connectivity index (χ3n) is 4.50. The number of likely N-dealkylation sites (tertiary alicyclic amines) is 1. The summed E-state index contributed by atoms with van der Waals surface area (Å²) < 4.78 is 14.7. The first-order valence-corrected chi connectivity index (χ1v) is 7.87. The molecule has 2 heterocycles. The van der Waals surface area contributed by atoms with Gasteiger partial charge in [0.15, 0.2) is 0 Å². The molecule has 6 heteroatoms. The van der Waals surface area contributed by atoms with E-state index in [0.29, 0.717) is 11.6 Å². The molecule has 1 amide bonds. The van der Waals surface area contributed by atoms with Gasteiger partial charge in [0, 0.05) is 19.1 Å². The second-order valence-corrected chi connectivity index (χ2v) is 5.89. The number of rotatable bonds is 3. The van der Waals surface area contributed by atoms with E-state index in [1.54, 1.807) is 23.0 Å². The van der Waals surface area contributed by atoms with Crippen LogP contribution in [0.4, 0.5) is 4.39 Å². The monoisotopic (exact) mass is 316 g/mol. The summed E-state index contributed by atoms with van der Waals surface area (Å²) in [6.45, 7) is 3.38. The molecule has 122 valence electrons. The van der Waals surface area contributed by atoms with Gasteiger partial charge in [0.1, 0.15) is 5.82 Å². The average Bonchev–Trinajstić information content (AvgIpc) is 2.96. The molecule has 1 aliphatic rings. The van der Waals surface area contributed by atoms with Crippen LogP contribution in [0.15, 0.2) is 30.5 Å². The molecule has 0 bridgehead atoms. The van der Waals surface area contributed by atoms with Gasteiger partial charge in [0.05, 0.1) is 23.1 Å². The number of aromatic nitrogens is 2. The van der Waals surface area contributed by atoms with Gasteiger partial charge in [0.25, 0.3) is 5.91 Å². The number of hydrogen-bond acceptors (Lipinski definition) is 3. The first kappa shape index (κ1) is 15.7. The highest BCUT2D eigenvalue weighted by Gasteiger charge is 2.25. The van der Waals surface area contributed by atoms with E-state index in [9.17, 15) is 9.18 Å². The minimum atomic E-state index is -0.290. The van der Waals surface area contributed by atoms with Crippen LogP contribution in [-0.4, -0.2) is 46.8 Å². The first-order chi connectivity index (χ1) is 11.1. The topological polar surface area (TPSA) is 50.2 Å². The van der Waals surface area contributed by atoms with Crippen LogP contribution in [0.25, 0.3) is 5.69 Å². The molecule has 1 saturated heterocycles. The predicted octanol–water partition coefficient (Wildman–Crippen LogP) is 2.14. The number of nitrogens with zero attached hydrogens (tertiary/aromatic N) is 3. The molecule has 1 aromatic carbocycles. The normalized spacial score (nSPS) is 15.9. The van der Waals surface area contributed by atoms with Crippen molar-refractivity contribution in [3.8, 4) is 5.69 Å². The maximum absolute atomic E-state index is 13.0. The number of amides is 1. The number of carbonyl (C=O) groups excluding carboxylic acids is 1. The van der Waals surface area contributed by atoms with E-state index in [2.05, 4.69) is 10.4 Å². The van der Waals surface area contributed by atoms with E-state index < -0.39 is 0 Å². The van der Waals surface area contributed by atoms with Crippen molar-refractivity contribution in [1.29, 1.82) is 0 Å². The zero-order valence-electron chi connectivity index (χ0n) is 13.4. The highest BCUT2D eigenvalue weighted by atomic mass is 19.1. The summed E-state index contributed by atoms with van der Waals surface area (Å²) in [6.07, 6.45) is 3.53. The summed E-state index contributed by atoms with van der Waals surface area (Å²) in [7, 11) is 1.96. The smallest absolute Gasteiger partial charge is 0.257 e. The predicted molar refractivity (Wildman–Crippen MR) is 86.2 cm³/mol. The van der Waals surface area contributed by atoms with Gasteiger partial charge < -0.3 is 10.2 Å². The lowest BCUT2D eigenvalue weighted by molar-refractivity contribution is 0.0706. The molecule has 0 saturated carbocycles. The Bertz CT molecular complexity index is 687. The number of carbonyl (C=O) groups is 1. The van der Waals surface area contributed by atoms with Crippen LogP contribution in [0, 0.1) is 12.7 Å². The lowest BCUT2D eigenvalue weighted by Gasteiger charge is -2.31. The Morgan fingerprint density at radius 3 is 2.52 bits per heavy atom. The Morgan fingerprint density at radius 1 is 1.26 bits per heavy atom. The molecule has 0 aliphatic carbocycles. The highest BCUT2D eigenvalue weighted by molar-refractivity contribution is 5.95. The lowest BCUT2D eigenvalue weighted by atomic mass is 10.0. The maximum atomic E-state index is 13.0. The zero-order chi connectivity index (χ0) is 16.4. The quantitative estimate of drug-likeness (QED) is 0.944. The number of nitrogens with one attached hydrogen (secondary N) is 1. The van der Waals surface area contributed by atoms with Gasteiger partial charge in [-0.2, -0.15) is 5.10 Å². The van der Waals surface area contributed by atoms with E-state index in [1.807, 2.05) is 18.9 Å². The van der Waals surface area contributed by atoms with Crippen LogP contribution in [0.1, 0.15) is 28.9 Å². The molecule has 0 unspecified atom stereocenters. The standard InChI is InChI=1S/C17H21FN4O/c1-12-16(17(23)21-9-7-14(19-2)8-10-21)11-20-22(12)15-5-3-13(18)4-6-15/h3-6,11,14,19H,7-10H2,1-2H3. The third kappa shape index (κ3) is 3.12. The summed E-state index contributed by atoms with van der Waals surface area (Å²) in [4.78, 5) is 14.6. The van der Waals surface area contributed by atoms with Crippen molar-refractivity contribution in [2.45, 2.75) is 25.8 Å². The van der Waals surface area contributed by atoms with Crippen LogP contribution in [0.3, 0.4) is 0 Å². The maximum Gasteiger partial charge on any atom is 0.257 e. The largest absolute Gasteiger partial charge is 0.338 e. The van der Waals surface area contributed by atoms with E-state index in [-0.39, 0.29) is 11.7 Å². The molecule has 1 aliphatic heterocycles. The van der Waals surface area contributed by atoms with Crippen molar-refractivity contribution in [2.24, 2.45) is 0 Å². The number of benzene rings is 1. The van der Waals surface area contributed by atoms with E-state index in [0.717, 1.165) is 37.3 Å². The van der Waals surface area contributed by atoms with Gasteiger partial charge in [-0.25, -0.2) is 9.07 Å². The second-order valence-electron chi connectivity index (χ2n) is 5.89. The third-order valence-corrected chi connectivity index (χ3v) is 4.50. The highest BCUT2D eigenvalue weighted by Crippen LogP contribution is 2.19. The molecule has 5 nitrogen and oxygen atoms in total. The zero-order valence-corrected chi connectivity index (χ0v) is 13.4. The van der Waals surface area contributed by atoms with E-state index in [4.69, 9.17) is 0 Å². The summed E-state index contributed by atoms with van der Waals surface area (Å²) in [6, 6.07) is 6.58. The summed E-state index contributed by atoms with van der Waals surface area (Å²) in [5, 5.41) is 7.56. The van der Waals surface area contributed by atoms with Crippen molar-refractivity contribution in [3.05, 3.63) is 47.5 Å². The van der Waals surface area contributed by atoms with Crippen LogP contribution in [0.2, 0.25) is 0 Å². The summed E-state index contributed by atoms with van der Waals surface area (Å²) >= 11 is 0. The minimum Gasteiger partial charge on any atom is -0.338 e. The van der Waals surface area contributed by atoms with Crippen LogP contribution in [0.5, 0.6) is 0 Å². The molecule has 2 aromatic rings. The van der Waals surface area contributed by atoms with Crippen LogP contribution < -0.4 is 5.32 Å². The van der Waals surface area contributed by atoms with Crippen molar-refractivity contribution in [1.82, 2.24) is 20.0 Å². The van der Waals surface area contributed by atoms with Gasteiger partial charge in [-0.15, -0.1) is 0 Å². The molecular weight excluding hydrogens is 295 g/mol. The molecule has 1 aromatic heterocycles. The molecular formula is C17H21FN4O. The number of piperidine rings is 1. The molecule has 0 radical (unpaired) electrons. The second kappa shape index (κ2) is 6.50. The number of halogens is 1. The Hall–Kier alpha value is -2.21. The molecule has 1 N–H and O–H groups in total. The Balaban J connectivity index is 1.79. The molecule has 3 rings (SSSR count). The van der Waals surface area contributed by atoms with E-state index in [1.165, 1.54) is 12.1 Å². The summed E-state index contributed by atoms with van der Waals surface area (Å²) in [5.74, 6) is -0.271. The summed E-state index contributed by atoms with van der Waals surface area (Å²) in [5.41, 5.74) is 2.13. The lowest BCUT2D eigenvalue weighted by Crippen LogP contribution is -2.44. The van der Waals surface area contributed by atoms with E-state index >= 15 is 0 Å². The van der Waals surface area contributed by atoms with Crippen LogP contribution in [-0.2, 0) is 0 Å². The van der Waals surface area contributed by atoms with Crippen molar-refractivity contribution in [2.75, 3.05) is 20.1 Å². The fourth-order valence-corrected chi connectivity index (χ4v) is 3.00. The van der Waals surface area contributed by atoms with Gasteiger partial charge in [-0.1, -0.05) is 0 Å².